The van der Waals surface area contributed by atoms with Crippen LogP contribution < -0.4 is 0 Å². The number of benzene rings is 11. The Balaban J connectivity index is 0.796. The van der Waals surface area contributed by atoms with Gasteiger partial charge in [0.05, 0.1) is 55.0 Å². The fraction of sp³-hybridized carbons (Fsp3) is 0. The fourth-order valence-electron chi connectivity index (χ4n) is 14.6. The van der Waals surface area contributed by atoms with E-state index in [1.165, 1.54) is 32.3 Å². The van der Waals surface area contributed by atoms with Crippen molar-refractivity contribution in [2.24, 2.45) is 0 Å². The molecule has 20 rings (SSSR count). The Morgan fingerprint density at radius 2 is 0.893 bits per heavy atom. The molecule has 11 aromatic carbocycles. The summed E-state index contributed by atoms with van der Waals surface area (Å²) in [6.45, 7) is 0. The summed E-state index contributed by atoms with van der Waals surface area (Å²) in [7, 11) is 0. The second-order valence-electron chi connectivity index (χ2n) is 22.3. The molecule has 0 saturated heterocycles. The average Bonchev–Trinajstić information content (AvgIpc) is 1.88. The van der Waals surface area contributed by atoms with Crippen molar-refractivity contribution in [1.29, 1.82) is 0 Å². The van der Waals surface area contributed by atoms with Gasteiger partial charge < -0.3 is 18.1 Å². The first kappa shape index (κ1) is 44.2. The Labute approximate surface area is 475 Å². The molecule has 0 aliphatic heterocycles. The maximum Gasteiger partial charge on any atom is 0.147 e. The Morgan fingerprint density at radius 1 is 0.298 bits per heavy atom. The van der Waals surface area contributed by atoms with Crippen LogP contribution in [0, 0.1) is 0 Å². The number of para-hydroxylation sites is 6. The summed E-state index contributed by atoms with van der Waals surface area (Å²) in [5, 5.41) is 15.9. The minimum absolute atomic E-state index is 0.843. The first-order valence-corrected chi connectivity index (χ1v) is 28.5. The predicted molar refractivity (Wildman–Crippen MR) is 345 cm³/mol. The zero-order valence-corrected chi connectivity index (χ0v) is 44.7. The first-order chi connectivity index (χ1) is 41.7. The van der Waals surface area contributed by atoms with E-state index >= 15 is 0 Å². The van der Waals surface area contributed by atoms with Gasteiger partial charge in [0.25, 0.3) is 0 Å². The minimum atomic E-state index is 0.843. The van der Waals surface area contributed by atoms with Crippen LogP contribution in [0.15, 0.2) is 260 Å². The second kappa shape index (κ2) is 16.1. The molecule has 9 aromatic heterocycles. The van der Waals surface area contributed by atoms with Crippen molar-refractivity contribution in [2.45, 2.75) is 0 Å². The number of rotatable bonds is 4. The van der Waals surface area contributed by atoms with E-state index < -0.39 is 0 Å². The molecule has 9 heterocycles. The molecule has 20 aromatic rings. The Bertz CT molecular complexity index is 6290. The van der Waals surface area contributed by atoms with Crippen molar-refractivity contribution in [3.8, 4) is 28.2 Å². The highest BCUT2D eigenvalue weighted by atomic mass is 16.3. The summed E-state index contributed by atoms with van der Waals surface area (Å²) < 4.78 is 18.8. The average molecular weight is 1070 g/mol. The minimum Gasteiger partial charge on any atom is -0.455 e. The van der Waals surface area contributed by atoms with Crippen molar-refractivity contribution in [1.82, 2.24) is 37.5 Å². The fourth-order valence-corrected chi connectivity index (χ4v) is 14.6. The number of aromatic nitrogens is 8. The second-order valence-corrected chi connectivity index (χ2v) is 22.3. The molecular weight excluding hydrogens is 1030 g/mol. The van der Waals surface area contributed by atoms with Gasteiger partial charge in [-0.2, -0.15) is 0 Å². The number of hydrogen-bond acceptors (Lipinski definition) is 4. The van der Waals surface area contributed by atoms with E-state index in [2.05, 4.69) is 253 Å². The largest absolute Gasteiger partial charge is 0.455 e. The van der Waals surface area contributed by atoms with E-state index in [9.17, 15) is 0 Å². The monoisotopic (exact) mass is 1070 g/mol. The molecule has 0 N–H and O–H groups in total. The number of imidazole rings is 2. The molecule has 0 fully saturated rings. The molecule has 0 bridgehead atoms. The van der Waals surface area contributed by atoms with Gasteiger partial charge in [0.1, 0.15) is 28.1 Å². The summed E-state index contributed by atoms with van der Waals surface area (Å²) in [5.41, 5.74) is 19.8. The van der Waals surface area contributed by atoms with Crippen LogP contribution in [0.25, 0.3) is 181 Å². The van der Waals surface area contributed by atoms with Crippen LogP contribution in [0.1, 0.15) is 0 Å². The van der Waals surface area contributed by atoms with Gasteiger partial charge in [-0.05, 0) is 155 Å². The van der Waals surface area contributed by atoms with E-state index in [-0.39, 0.29) is 0 Å². The quantitative estimate of drug-likeness (QED) is 0.165. The van der Waals surface area contributed by atoms with Gasteiger partial charge in [0, 0.05) is 94.9 Å². The normalized spacial score (nSPS) is 12.5. The molecule has 9 heteroatoms. The van der Waals surface area contributed by atoms with Crippen molar-refractivity contribution >= 4 is 153 Å². The number of furan rings is 1. The van der Waals surface area contributed by atoms with Gasteiger partial charge in [0.15, 0.2) is 0 Å². The molecule has 0 amide bonds. The highest BCUT2D eigenvalue weighted by Gasteiger charge is 2.25. The number of hydrogen-bond donors (Lipinski definition) is 0. The summed E-state index contributed by atoms with van der Waals surface area (Å²) in [5.74, 6) is 0. The summed E-state index contributed by atoms with van der Waals surface area (Å²) in [4.78, 5) is 15.2. The first-order valence-electron chi connectivity index (χ1n) is 28.5. The van der Waals surface area contributed by atoms with Gasteiger partial charge in [-0.1, -0.05) is 103 Å². The van der Waals surface area contributed by atoms with Crippen molar-refractivity contribution in [2.75, 3.05) is 0 Å². The molecule has 84 heavy (non-hydrogen) atoms. The van der Waals surface area contributed by atoms with Crippen molar-refractivity contribution in [3.05, 3.63) is 255 Å². The zero-order valence-electron chi connectivity index (χ0n) is 44.7. The molecule has 0 spiro atoms. The van der Waals surface area contributed by atoms with E-state index in [4.69, 9.17) is 19.4 Å². The third-order valence-electron chi connectivity index (χ3n) is 18.1. The highest BCUT2D eigenvalue weighted by Crippen LogP contribution is 2.47. The molecule has 0 aliphatic carbocycles. The van der Waals surface area contributed by atoms with E-state index in [1.807, 2.05) is 24.5 Å². The lowest BCUT2D eigenvalue weighted by Gasteiger charge is -2.11. The lowest BCUT2D eigenvalue weighted by Crippen LogP contribution is -1.95. The van der Waals surface area contributed by atoms with Crippen LogP contribution >= 0.6 is 0 Å². The number of fused-ring (bicyclic) bond motifs is 28. The van der Waals surface area contributed by atoms with Gasteiger partial charge in [-0.3, -0.25) is 8.80 Å². The molecule has 388 valence electrons. The maximum atomic E-state index is 7.11. The molecule has 0 radical (unpaired) electrons. The van der Waals surface area contributed by atoms with E-state index in [1.54, 1.807) is 0 Å². The highest BCUT2D eigenvalue weighted by molar-refractivity contribution is 6.32. The van der Waals surface area contributed by atoms with Gasteiger partial charge in [0.2, 0.25) is 0 Å². The van der Waals surface area contributed by atoms with Crippen molar-refractivity contribution < 1.29 is 4.42 Å². The summed E-state index contributed by atoms with van der Waals surface area (Å²) in [6, 6.07) is 85.9. The smallest absolute Gasteiger partial charge is 0.147 e. The Morgan fingerprint density at radius 3 is 1.69 bits per heavy atom. The van der Waals surface area contributed by atoms with Crippen molar-refractivity contribution in [3.63, 3.8) is 0 Å². The number of pyridine rings is 3. The van der Waals surface area contributed by atoms with Gasteiger partial charge in [-0.25, -0.2) is 15.0 Å². The predicted octanol–water partition coefficient (Wildman–Crippen LogP) is 19.0. The SMILES string of the molecule is c1ccc(-n2c3cc4c(cc3c3c5oc6ccc(-c7cccc(-n8c9ccccc9c9c%10c%11cc%12c%13ccccc%13n%13ccnc%13c%12cc%11n(-c%11ccccc%11)c%10ccc98)c7)cc6c5ccc32)c2cccnc2n2c3ccccc3nc42)cc1. The van der Waals surface area contributed by atoms with Gasteiger partial charge in [-0.15, -0.1) is 0 Å². The van der Waals surface area contributed by atoms with Crippen LogP contribution in [-0.2, 0) is 0 Å². The van der Waals surface area contributed by atoms with Crippen LogP contribution in [0.2, 0.25) is 0 Å². The lowest BCUT2D eigenvalue weighted by atomic mass is 10.0. The molecule has 0 aliphatic rings. The standard InChI is InChI=1S/C75H42N8O/c1-3-16-45(17-4-1)80-64-32-31-63-69(70(64)57-39-52-48-21-7-10-25-60(48)79-36-35-77-73(79)55(52)41-66(57)80)51-22-8-11-26-61(51)82(63)47-20-13-15-43(37-47)44-28-33-68-54(38-44)49-29-30-65-71(72(49)84-68)58-40-53-50-23-14-34-76-74(50)83-62-27-12-9-24-59(62)78-75(83)56(53)42-67(58)81(65)46-18-5-2-6-19-46/h1-42H. The topological polar surface area (TPSA) is 75.4 Å². The maximum absolute atomic E-state index is 7.11. The molecule has 0 atom stereocenters. The Hall–Kier alpha value is -11.6. The van der Waals surface area contributed by atoms with Crippen LogP contribution in [-0.4, -0.2) is 37.5 Å². The third kappa shape index (κ3) is 5.73. The Kier molecular flexibility index (Phi) is 8.47. The van der Waals surface area contributed by atoms with Gasteiger partial charge >= 0.3 is 0 Å². The van der Waals surface area contributed by atoms with E-state index in [0.717, 1.165) is 149 Å². The summed E-state index contributed by atoms with van der Waals surface area (Å²) in [6.07, 6.45) is 5.86. The molecule has 0 unspecified atom stereocenters. The number of nitrogens with zero attached hydrogens (tertiary/aromatic N) is 8. The molecule has 0 saturated carbocycles. The van der Waals surface area contributed by atoms with Crippen LogP contribution in [0.5, 0.6) is 0 Å². The third-order valence-corrected chi connectivity index (χ3v) is 18.1. The zero-order chi connectivity index (χ0) is 54.5. The molecule has 9 nitrogen and oxygen atoms in total. The van der Waals surface area contributed by atoms with Crippen LogP contribution in [0.4, 0.5) is 0 Å². The van der Waals surface area contributed by atoms with Crippen LogP contribution in [0.3, 0.4) is 0 Å². The summed E-state index contributed by atoms with van der Waals surface area (Å²) >= 11 is 0. The lowest BCUT2D eigenvalue weighted by molar-refractivity contribution is 0.673. The van der Waals surface area contributed by atoms with E-state index in [0.29, 0.717) is 0 Å². The molecular formula is C75H42N8O.